The van der Waals surface area contributed by atoms with Gasteiger partial charge in [0.25, 0.3) is 0 Å². The first-order chi connectivity index (χ1) is 15.7. The number of nitrogens with two attached hydrogens (primary N) is 1. The summed E-state index contributed by atoms with van der Waals surface area (Å²) in [7, 11) is 0. The number of nitrogen functional groups attached to an aromatic ring is 1. The van der Waals surface area contributed by atoms with Gasteiger partial charge in [0.2, 0.25) is 0 Å². The third kappa shape index (κ3) is 4.55. The first-order valence-corrected chi connectivity index (χ1v) is 10.7. The van der Waals surface area contributed by atoms with Gasteiger partial charge in [-0.05, 0) is 61.2 Å². The number of aryl methyl sites for hydroxylation is 2. The zero-order valence-corrected chi connectivity index (χ0v) is 19.0. The third-order valence-corrected chi connectivity index (χ3v) is 5.31. The summed E-state index contributed by atoms with van der Waals surface area (Å²) in [6.45, 7) is 7.98. The molecule has 33 heavy (non-hydrogen) atoms. The van der Waals surface area contributed by atoms with E-state index in [1.165, 1.54) is 6.33 Å². The lowest BCUT2D eigenvalue weighted by Gasteiger charge is -2.10. The normalized spacial score (nSPS) is 11.1. The molecule has 4 rings (SSSR count). The van der Waals surface area contributed by atoms with Crippen LogP contribution in [0.25, 0.3) is 5.52 Å². The molecule has 0 aliphatic carbocycles. The highest BCUT2D eigenvalue weighted by Crippen LogP contribution is 2.27. The molecule has 0 aliphatic heterocycles. The highest BCUT2D eigenvalue weighted by Gasteiger charge is 2.22. The Labute approximate surface area is 191 Å². The predicted octanol–water partition coefficient (Wildman–Crippen LogP) is 4.93. The number of ketones is 1. The van der Waals surface area contributed by atoms with Crippen molar-refractivity contribution in [3.63, 3.8) is 0 Å². The molecule has 0 saturated heterocycles. The summed E-state index contributed by atoms with van der Waals surface area (Å²) < 4.78 is 1.67. The van der Waals surface area contributed by atoms with Gasteiger partial charge >= 0.3 is 6.03 Å². The Balaban J connectivity index is 1.60. The summed E-state index contributed by atoms with van der Waals surface area (Å²) in [5.74, 6) is 0.150. The SMILES string of the molecule is Cc1cc(C)cc(NC(=O)Nc2cccc(C(=O)c3cc(C(C)C)n4ncnc(N)c34)c2)c1. The Morgan fingerprint density at radius 1 is 0.970 bits per heavy atom. The van der Waals surface area contributed by atoms with Crippen molar-refractivity contribution >= 4 is 34.5 Å². The second-order valence-electron chi connectivity index (χ2n) is 8.41. The molecular weight excluding hydrogens is 416 g/mol. The van der Waals surface area contributed by atoms with Crippen LogP contribution in [0.5, 0.6) is 0 Å². The molecule has 8 heteroatoms. The molecule has 0 spiro atoms. The smallest absolute Gasteiger partial charge is 0.323 e. The number of amides is 2. The minimum absolute atomic E-state index is 0.135. The van der Waals surface area contributed by atoms with Gasteiger partial charge in [-0.1, -0.05) is 32.0 Å². The van der Waals surface area contributed by atoms with Crippen LogP contribution < -0.4 is 16.4 Å². The number of benzene rings is 2. The van der Waals surface area contributed by atoms with Gasteiger partial charge in [-0.3, -0.25) is 4.79 Å². The van der Waals surface area contributed by atoms with E-state index in [-0.39, 0.29) is 17.5 Å². The maximum Gasteiger partial charge on any atom is 0.323 e. The van der Waals surface area contributed by atoms with Crippen LogP contribution in [0.1, 0.15) is 52.5 Å². The molecule has 8 nitrogen and oxygen atoms in total. The van der Waals surface area contributed by atoms with Gasteiger partial charge < -0.3 is 16.4 Å². The average molecular weight is 443 g/mol. The fourth-order valence-corrected chi connectivity index (χ4v) is 3.91. The van der Waals surface area contributed by atoms with Crippen molar-refractivity contribution < 1.29 is 9.59 Å². The number of hydrogen-bond acceptors (Lipinski definition) is 5. The lowest BCUT2D eigenvalue weighted by Crippen LogP contribution is -2.19. The Kier molecular flexibility index (Phi) is 5.83. The topological polar surface area (TPSA) is 114 Å². The zero-order chi connectivity index (χ0) is 23.7. The fraction of sp³-hybridized carbons (Fsp3) is 0.200. The van der Waals surface area contributed by atoms with E-state index in [9.17, 15) is 9.59 Å². The number of nitrogens with one attached hydrogen (secondary N) is 2. The molecule has 0 fully saturated rings. The molecule has 2 amide bonds. The number of nitrogens with zero attached hydrogens (tertiary/aromatic N) is 3. The number of aromatic nitrogens is 3. The van der Waals surface area contributed by atoms with E-state index in [4.69, 9.17) is 5.73 Å². The van der Waals surface area contributed by atoms with E-state index < -0.39 is 6.03 Å². The molecular formula is C25H26N6O2. The quantitative estimate of drug-likeness (QED) is 0.379. The van der Waals surface area contributed by atoms with E-state index in [1.807, 2.05) is 45.9 Å². The summed E-state index contributed by atoms with van der Waals surface area (Å²) in [6, 6.07) is 14.0. The number of rotatable bonds is 5. The first kappa shape index (κ1) is 22.0. The fourth-order valence-electron chi connectivity index (χ4n) is 3.91. The summed E-state index contributed by atoms with van der Waals surface area (Å²) in [4.78, 5) is 30.0. The van der Waals surface area contributed by atoms with Crippen LogP contribution in [0.2, 0.25) is 0 Å². The zero-order valence-electron chi connectivity index (χ0n) is 19.0. The molecule has 168 valence electrons. The van der Waals surface area contributed by atoms with Crippen LogP contribution >= 0.6 is 0 Å². The van der Waals surface area contributed by atoms with E-state index in [1.54, 1.807) is 34.8 Å². The van der Waals surface area contributed by atoms with Crippen molar-refractivity contribution in [3.05, 3.63) is 82.8 Å². The summed E-state index contributed by atoms with van der Waals surface area (Å²) in [6.07, 6.45) is 1.38. The van der Waals surface area contributed by atoms with Crippen LogP contribution in [0.15, 0.2) is 54.9 Å². The molecule has 0 saturated carbocycles. The summed E-state index contributed by atoms with van der Waals surface area (Å²) in [5, 5.41) is 9.90. The second-order valence-corrected chi connectivity index (χ2v) is 8.41. The van der Waals surface area contributed by atoms with Crippen LogP contribution in [-0.2, 0) is 0 Å². The van der Waals surface area contributed by atoms with Crippen LogP contribution in [0.4, 0.5) is 22.0 Å². The second kappa shape index (κ2) is 8.74. The third-order valence-electron chi connectivity index (χ3n) is 5.31. The molecule has 2 heterocycles. The van der Waals surface area contributed by atoms with Crippen molar-refractivity contribution in [2.24, 2.45) is 0 Å². The molecule has 0 unspecified atom stereocenters. The number of fused-ring (bicyclic) bond motifs is 1. The predicted molar refractivity (Wildman–Crippen MR) is 130 cm³/mol. The van der Waals surface area contributed by atoms with Crippen LogP contribution in [-0.4, -0.2) is 26.4 Å². The summed E-state index contributed by atoms with van der Waals surface area (Å²) in [5.41, 5.74) is 11.6. The van der Waals surface area contributed by atoms with Gasteiger partial charge in [0.1, 0.15) is 11.8 Å². The van der Waals surface area contributed by atoms with Gasteiger partial charge in [0.15, 0.2) is 11.6 Å². The number of carbonyl (C=O) groups is 2. The van der Waals surface area contributed by atoms with Crippen molar-refractivity contribution in [3.8, 4) is 0 Å². The first-order valence-electron chi connectivity index (χ1n) is 10.7. The molecule has 4 aromatic rings. The van der Waals surface area contributed by atoms with Gasteiger partial charge in [0, 0.05) is 22.6 Å². The number of hydrogen-bond donors (Lipinski definition) is 3. The Morgan fingerprint density at radius 2 is 1.67 bits per heavy atom. The number of carbonyl (C=O) groups excluding carboxylic acids is 2. The van der Waals surface area contributed by atoms with Gasteiger partial charge in [-0.25, -0.2) is 14.3 Å². The largest absolute Gasteiger partial charge is 0.382 e. The standard InChI is InChI=1S/C25H26N6O2/c1-14(2)21-12-20(22-24(26)27-13-28-31(21)22)23(32)17-6-5-7-18(11-17)29-25(33)30-19-9-15(3)8-16(4)10-19/h5-14H,1-4H3,(H2,26,27,28)(H2,29,30,33). The minimum atomic E-state index is -0.390. The lowest BCUT2D eigenvalue weighted by molar-refractivity contribution is 0.104. The van der Waals surface area contributed by atoms with Crippen molar-refractivity contribution in [1.82, 2.24) is 14.6 Å². The highest BCUT2D eigenvalue weighted by atomic mass is 16.2. The van der Waals surface area contributed by atoms with E-state index in [2.05, 4.69) is 20.7 Å². The Morgan fingerprint density at radius 3 is 2.36 bits per heavy atom. The molecule has 4 N–H and O–H groups in total. The molecule has 0 bridgehead atoms. The van der Waals surface area contributed by atoms with Crippen molar-refractivity contribution in [2.75, 3.05) is 16.4 Å². The molecule has 0 atom stereocenters. The van der Waals surface area contributed by atoms with E-state index in [0.29, 0.717) is 28.0 Å². The maximum atomic E-state index is 13.4. The van der Waals surface area contributed by atoms with E-state index in [0.717, 1.165) is 16.8 Å². The van der Waals surface area contributed by atoms with E-state index >= 15 is 0 Å². The summed E-state index contributed by atoms with van der Waals surface area (Å²) >= 11 is 0. The van der Waals surface area contributed by atoms with Crippen molar-refractivity contribution in [2.45, 2.75) is 33.6 Å². The number of urea groups is 1. The van der Waals surface area contributed by atoms with Crippen molar-refractivity contribution in [1.29, 1.82) is 0 Å². The minimum Gasteiger partial charge on any atom is -0.382 e. The molecule has 2 aromatic heterocycles. The molecule has 0 aliphatic rings. The Bertz CT molecular complexity index is 1350. The van der Waals surface area contributed by atoms with Crippen LogP contribution in [0.3, 0.4) is 0 Å². The van der Waals surface area contributed by atoms with Gasteiger partial charge in [-0.2, -0.15) is 5.10 Å². The lowest BCUT2D eigenvalue weighted by atomic mass is 10.0. The number of anilines is 3. The molecule has 0 radical (unpaired) electrons. The molecule has 2 aromatic carbocycles. The maximum absolute atomic E-state index is 13.4. The Hall–Kier alpha value is -4.20. The van der Waals surface area contributed by atoms with Gasteiger partial charge in [-0.15, -0.1) is 0 Å². The van der Waals surface area contributed by atoms with Gasteiger partial charge in [0.05, 0.1) is 5.56 Å². The van der Waals surface area contributed by atoms with Crippen LogP contribution in [0, 0.1) is 13.8 Å². The highest BCUT2D eigenvalue weighted by molar-refractivity contribution is 6.15. The monoisotopic (exact) mass is 442 g/mol. The average Bonchev–Trinajstić information content (AvgIpc) is 3.14.